The first-order valence-corrected chi connectivity index (χ1v) is 6.41. The summed E-state index contributed by atoms with van der Waals surface area (Å²) < 4.78 is 1.21. The lowest BCUT2D eigenvalue weighted by molar-refractivity contribution is 0.0534. The highest BCUT2D eigenvalue weighted by atomic mass is 35.5. The highest BCUT2D eigenvalue weighted by molar-refractivity contribution is 6.33. The molecule has 1 aromatic rings. The molecule has 5 nitrogen and oxygen atoms in total. The van der Waals surface area contributed by atoms with Crippen molar-refractivity contribution in [2.45, 2.75) is 38.3 Å². The minimum atomic E-state index is -0.832. The van der Waals surface area contributed by atoms with Gasteiger partial charge in [0.1, 0.15) is 5.02 Å². The lowest BCUT2D eigenvalue weighted by atomic mass is 9.96. The molecule has 0 spiro atoms. The molecule has 0 bridgehead atoms. The SMILES string of the molecule is Cn1ncc(N2CCC[C@@H]2C(C)(C)O)c(Cl)c1=O. The molecule has 2 rings (SSSR count). The highest BCUT2D eigenvalue weighted by Gasteiger charge is 2.37. The zero-order valence-corrected chi connectivity index (χ0v) is 11.6. The van der Waals surface area contributed by atoms with Crippen molar-refractivity contribution in [1.82, 2.24) is 9.78 Å². The molecule has 18 heavy (non-hydrogen) atoms. The molecule has 0 aromatic carbocycles. The van der Waals surface area contributed by atoms with E-state index in [1.807, 2.05) is 4.90 Å². The molecule has 1 fully saturated rings. The molecule has 0 unspecified atom stereocenters. The van der Waals surface area contributed by atoms with Crippen LogP contribution in [0.1, 0.15) is 26.7 Å². The molecular formula is C12H18ClN3O2. The summed E-state index contributed by atoms with van der Waals surface area (Å²) in [5, 5.41) is 14.3. The third-order valence-corrected chi connectivity index (χ3v) is 3.79. The fourth-order valence-electron chi connectivity index (χ4n) is 2.49. The maximum absolute atomic E-state index is 11.8. The van der Waals surface area contributed by atoms with E-state index in [1.165, 1.54) is 4.68 Å². The Balaban J connectivity index is 2.43. The average molecular weight is 272 g/mol. The van der Waals surface area contributed by atoms with Crippen molar-refractivity contribution in [3.05, 3.63) is 21.6 Å². The van der Waals surface area contributed by atoms with Gasteiger partial charge in [0.2, 0.25) is 0 Å². The second-order valence-corrected chi connectivity index (χ2v) is 5.66. The molecule has 1 atom stereocenters. The van der Waals surface area contributed by atoms with Crippen molar-refractivity contribution >= 4 is 17.3 Å². The minimum Gasteiger partial charge on any atom is -0.388 e. The van der Waals surface area contributed by atoms with Crippen molar-refractivity contribution in [3.8, 4) is 0 Å². The van der Waals surface area contributed by atoms with Crippen LogP contribution in [0.4, 0.5) is 5.69 Å². The summed E-state index contributed by atoms with van der Waals surface area (Å²) in [5.41, 5.74) is -0.527. The summed E-state index contributed by atoms with van der Waals surface area (Å²) in [4.78, 5) is 13.8. The van der Waals surface area contributed by atoms with E-state index in [0.29, 0.717) is 5.69 Å². The summed E-state index contributed by atoms with van der Waals surface area (Å²) >= 11 is 6.10. The molecule has 100 valence electrons. The molecule has 2 heterocycles. The van der Waals surface area contributed by atoms with E-state index in [2.05, 4.69) is 5.10 Å². The van der Waals surface area contributed by atoms with Crippen LogP contribution in [0.25, 0.3) is 0 Å². The predicted molar refractivity (Wildman–Crippen MR) is 71.2 cm³/mol. The lowest BCUT2D eigenvalue weighted by Crippen LogP contribution is -2.46. The average Bonchev–Trinajstić information content (AvgIpc) is 2.74. The van der Waals surface area contributed by atoms with Gasteiger partial charge in [0.25, 0.3) is 5.56 Å². The van der Waals surface area contributed by atoms with Crippen LogP contribution in [0.15, 0.2) is 11.0 Å². The van der Waals surface area contributed by atoms with Crippen LogP contribution in [0.3, 0.4) is 0 Å². The van der Waals surface area contributed by atoms with E-state index in [-0.39, 0.29) is 16.6 Å². The Morgan fingerprint density at radius 2 is 2.22 bits per heavy atom. The van der Waals surface area contributed by atoms with Gasteiger partial charge in [-0.2, -0.15) is 5.10 Å². The molecule has 1 N–H and O–H groups in total. The minimum absolute atomic E-state index is 0.0380. The molecule has 6 heteroatoms. The molecule has 1 aromatic heterocycles. The first kappa shape index (κ1) is 13.4. The Labute approximate surface area is 111 Å². The first-order valence-electron chi connectivity index (χ1n) is 6.03. The van der Waals surface area contributed by atoms with E-state index in [1.54, 1.807) is 27.1 Å². The van der Waals surface area contributed by atoms with Gasteiger partial charge in [-0.15, -0.1) is 0 Å². The summed E-state index contributed by atoms with van der Waals surface area (Å²) in [6.45, 7) is 4.33. The first-order chi connectivity index (χ1) is 8.32. The maximum atomic E-state index is 11.8. The monoisotopic (exact) mass is 271 g/mol. The van der Waals surface area contributed by atoms with Crippen LogP contribution in [-0.4, -0.2) is 33.1 Å². The van der Waals surface area contributed by atoms with E-state index >= 15 is 0 Å². The zero-order valence-electron chi connectivity index (χ0n) is 10.9. The van der Waals surface area contributed by atoms with Gasteiger partial charge in [0.15, 0.2) is 0 Å². The van der Waals surface area contributed by atoms with Gasteiger partial charge in [-0.3, -0.25) is 4.79 Å². The Morgan fingerprint density at radius 3 is 2.83 bits per heavy atom. The number of aryl methyl sites for hydroxylation is 1. The second kappa shape index (κ2) is 4.55. The Morgan fingerprint density at radius 1 is 1.56 bits per heavy atom. The third kappa shape index (κ3) is 2.24. The number of rotatable bonds is 2. The van der Waals surface area contributed by atoms with Crippen LogP contribution >= 0.6 is 11.6 Å². The van der Waals surface area contributed by atoms with Gasteiger partial charge < -0.3 is 10.0 Å². The molecule has 0 saturated carbocycles. The third-order valence-electron chi connectivity index (χ3n) is 3.44. The summed E-state index contributed by atoms with van der Waals surface area (Å²) in [7, 11) is 1.56. The van der Waals surface area contributed by atoms with Gasteiger partial charge >= 0.3 is 0 Å². The van der Waals surface area contributed by atoms with Gasteiger partial charge in [-0.1, -0.05) is 11.6 Å². The number of hydrogen-bond donors (Lipinski definition) is 1. The van der Waals surface area contributed by atoms with Gasteiger partial charge in [-0.25, -0.2) is 4.68 Å². The van der Waals surface area contributed by atoms with E-state index in [4.69, 9.17) is 11.6 Å². The normalized spacial score (nSPS) is 20.5. The van der Waals surface area contributed by atoms with Crippen molar-refractivity contribution in [2.24, 2.45) is 7.05 Å². The summed E-state index contributed by atoms with van der Waals surface area (Å²) in [5.74, 6) is 0. The quantitative estimate of drug-likeness (QED) is 0.877. The topological polar surface area (TPSA) is 58.4 Å². The predicted octanol–water partition coefficient (Wildman–Crippen LogP) is 1.17. The fraction of sp³-hybridized carbons (Fsp3) is 0.667. The maximum Gasteiger partial charge on any atom is 0.287 e. The number of hydrogen-bond acceptors (Lipinski definition) is 4. The molecule has 0 radical (unpaired) electrons. The molecule has 1 aliphatic rings. The van der Waals surface area contributed by atoms with Crippen LogP contribution in [0, 0.1) is 0 Å². The van der Waals surface area contributed by atoms with Crippen LogP contribution < -0.4 is 10.5 Å². The molecule has 1 aliphatic heterocycles. The van der Waals surface area contributed by atoms with Crippen molar-refractivity contribution in [1.29, 1.82) is 0 Å². The smallest absolute Gasteiger partial charge is 0.287 e. The Hall–Kier alpha value is -1.07. The Bertz CT molecular complexity index is 507. The highest BCUT2D eigenvalue weighted by Crippen LogP contribution is 2.33. The van der Waals surface area contributed by atoms with Crippen molar-refractivity contribution < 1.29 is 5.11 Å². The van der Waals surface area contributed by atoms with E-state index in [0.717, 1.165) is 19.4 Å². The lowest BCUT2D eigenvalue weighted by Gasteiger charge is -2.35. The van der Waals surface area contributed by atoms with Crippen LogP contribution in [0.5, 0.6) is 0 Å². The largest absolute Gasteiger partial charge is 0.388 e. The fourth-order valence-corrected chi connectivity index (χ4v) is 2.77. The number of nitrogens with zero attached hydrogens (tertiary/aromatic N) is 3. The van der Waals surface area contributed by atoms with E-state index < -0.39 is 5.60 Å². The van der Waals surface area contributed by atoms with Crippen molar-refractivity contribution in [3.63, 3.8) is 0 Å². The summed E-state index contributed by atoms with van der Waals surface area (Å²) in [6.07, 6.45) is 3.45. The number of anilines is 1. The number of halogens is 1. The summed E-state index contributed by atoms with van der Waals surface area (Å²) in [6, 6.07) is -0.0380. The molecule has 0 aliphatic carbocycles. The van der Waals surface area contributed by atoms with Gasteiger partial charge in [-0.05, 0) is 26.7 Å². The molecule has 1 saturated heterocycles. The van der Waals surface area contributed by atoms with Gasteiger partial charge in [0.05, 0.1) is 23.5 Å². The van der Waals surface area contributed by atoms with Crippen LogP contribution in [0.2, 0.25) is 5.02 Å². The van der Waals surface area contributed by atoms with Crippen LogP contribution in [-0.2, 0) is 7.05 Å². The standard InChI is InChI=1S/C12H18ClN3O2/c1-12(2,18)9-5-4-6-16(9)8-7-14-15(3)11(17)10(8)13/h7,9,18H,4-6H2,1-3H3/t9-/m1/s1. The zero-order chi connectivity index (χ0) is 13.5. The van der Waals surface area contributed by atoms with Crippen molar-refractivity contribution in [2.75, 3.05) is 11.4 Å². The second-order valence-electron chi connectivity index (χ2n) is 5.28. The molecule has 0 amide bonds. The molecular weight excluding hydrogens is 254 g/mol. The number of aliphatic hydroxyl groups is 1. The number of aromatic nitrogens is 2. The van der Waals surface area contributed by atoms with Gasteiger partial charge in [0, 0.05) is 13.6 Å². The Kier molecular flexibility index (Phi) is 3.38. The van der Waals surface area contributed by atoms with E-state index in [9.17, 15) is 9.90 Å².